The fraction of sp³-hybridized carbons (Fsp3) is 0.316. The van der Waals surface area contributed by atoms with Crippen molar-refractivity contribution < 1.29 is 9.53 Å². The maximum absolute atomic E-state index is 12.7. The molecule has 0 bridgehead atoms. The molecular weight excluding hydrogens is 404 g/mol. The molecule has 0 aromatic heterocycles. The summed E-state index contributed by atoms with van der Waals surface area (Å²) in [6.07, 6.45) is 0.752. The Labute approximate surface area is 162 Å². The van der Waals surface area contributed by atoms with Crippen LogP contribution in [0.1, 0.15) is 36.6 Å². The van der Waals surface area contributed by atoms with Crippen molar-refractivity contribution in [3.8, 4) is 5.75 Å². The first-order valence-electron chi connectivity index (χ1n) is 8.09. The fourth-order valence-corrected chi connectivity index (χ4v) is 3.32. The van der Waals surface area contributed by atoms with Gasteiger partial charge in [0.05, 0.1) is 18.6 Å². The Morgan fingerprint density at radius 2 is 2.00 bits per heavy atom. The van der Waals surface area contributed by atoms with Gasteiger partial charge >= 0.3 is 0 Å². The summed E-state index contributed by atoms with van der Waals surface area (Å²) in [5.74, 6) is 0.477. The van der Waals surface area contributed by atoms with E-state index in [1.165, 1.54) is 0 Å². The lowest BCUT2D eigenvalue weighted by Crippen LogP contribution is -2.39. The van der Waals surface area contributed by atoms with Crippen LogP contribution in [-0.4, -0.2) is 12.5 Å². The topological polar surface area (TPSA) is 64.3 Å². The lowest BCUT2D eigenvalue weighted by atomic mass is 9.93. The van der Waals surface area contributed by atoms with Gasteiger partial charge < -0.3 is 15.8 Å². The first kappa shape index (κ1) is 19.8. The summed E-state index contributed by atoms with van der Waals surface area (Å²) in [6.45, 7) is 2.47. The molecule has 1 aliphatic heterocycles. The Morgan fingerprint density at radius 3 is 2.72 bits per heavy atom. The highest BCUT2D eigenvalue weighted by molar-refractivity contribution is 9.10. The van der Waals surface area contributed by atoms with Gasteiger partial charge in [0.15, 0.2) is 0 Å². The molecule has 134 valence electrons. The molecule has 0 radical (unpaired) electrons. The van der Waals surface area contributed by atoms with Crippen molar-refractivity contribution in [1.82, 2.24) is 5.32 Å². The molecule has 0 fully saturated rings. The molecule has 0 aliphatic carbocycles. The summed E-state index contributed by atoms with van der Waals surface area (Å²) >= 11 is 3.48. The molecule has 2 aromatic carbocycles. The Kier molecular flexibility index (Phi) is 6.87. The number of hydrogen-bond acceptors (Lipinski definition) is 3. The summed E-state index contributed by atoms with van der Waals surface area (Å²) in [7, 11) is 0. The highest BCUT2D eigenvalue weighted by Crippen LogP contribution is 2.34. The van der Waals surface area contributed by atoms with Crippen molar-refractivity contribution in [3.63, 3.8) is 0 Å². The van der Waals surface area contributed by atoms with Crippen LogP contribution in [0.25, 0.3) is 0 Å². The summed E-state index contributed by atoms with van der Waals surface area (Å²) < 4.78 is 6.64. The van der Waals surface area contributed by atoms with Gasteiger partial charge in [0.25, 0.3) is 0 Å². The van der Waals surface area contributed by atoms with Gasteiger partial charge in [-0.3, -0.25) is 4.79 Å². The second-order valence-electron chi connectivity index (χ2n) is 6.11. The highest BCUT2D eigenvalue weighted by Gasteiger charge is 2.28. The Hall–Kier alpha value is -1.56. The molecule has 1 aliphatic rings. The summed E-state index contributed by atoms with van der Waals surface area (Å²) in [4.78, 5) is 12.7. The first-order valence-corrected chi connectivity index (χ1v) is 8.88. The zero-order valence-corrected chi connectivity index (χ0v) is 16.3. The summed E-state index contributed by atoms with van der Waals surface area (Å²) in [5, 5.41) is 3.13. The second kappa shape index (κ2) is 8.70. The van der Waals surface area contributed by atoms with Crippen LogP contribution in [0, 0.1) is 5.92 Å². The van der Waals surface area contributed by atoms with Crippen LogP contribution in [0.4, 0.5) is 0 Å². The molecule has 3 rings (SSSR count). The van der Waals surface area contributed by atoms with Gasteiger partial charge in [-0.05, 0) is 23.8 Å². The molecule has 6 heteroatoms. The largest absolute Gasteiger partial charge is 0.493 e. The van der Waals surface area contributed by atoms with Crippen molar-refractivity contribution >= 4 is 34.2 Å². The van der Waals surface area contributed by atoms with E-state index in [0.29, 0.717) is 6.61 Å². The zero-order chi connectivity index (χ0) is 17.1. The Bertz CT molecular complexity index is 727. The fourth-order valence-electron chi connectivity index (χ4n) is 2.95. The van der Waals surface area contributed by atoms with E-state index in [2.05, 4.69) is 21.2 Å². The monoisotopic (exact) mass is 424 g/mol. The zero-order valence-electron chi connectivity index (χ0n) is 13.9. The minimum absolute atomic E-state index is 0. The lowest BCUT2D eigenvalue weighted by molar-refractivity contribution is -0.126. The SMILES string of the molecule is CC(C(=O)NC1CCOc2ccc(Br)cc21)C(N)c1ccccc1.Cl. The maximum Gasteiger partial charge on any atom is 0.225 e. The van der Waals surface area contributed by atoms with Crippen molar-refractivity contribution in [2.24, 2.45) is 11.7 Å². The normalized spacial score (nSPS) is 18.1. The van der Waals surface area contributed by atoms with Gasteiger partial charge in [0.2, 0.25) is 5.91 Å². The quantitative estimate of drug-likeness (QED) is 0.773. The van der Waals surface area contributed by atoms with Gasteiger partial charge in [0.1, 0.15) is 5.75 Å². The van der Waals surface area contributed by atoms with E-state index in [1.54, 1.807) is 0 Å². The Morgan fingerprint density at radius 1 is 1.28 bits per heavy atom. The third kappa shape index (κ3) is 4.54. The maximum atomic E-state index is 12.7. The third-order valence-electron chi connectivity index (χ3n) is 4.46. The highest BCUT2D eigenvalue weighted by atomic mass is 79.9. The van der Waals surface area contributed by atoms with Crippen molar-refractivity contribution in [3.05, 3.63) is 64.1 Å². The lowest BCUT2D eigenvalue weighted by Gasteiger charge is -2.29. The molecule has 1 amide bonds. The minimum atomic E-state index is -0.326. The molecule has 0 saturated heterocycles. The van der Waals surface area contributed by atoms with E-state index in [-0.39, 0.29) is 36.3 Å². The van der Waals surface area contributed by atoms with E-state index in [4.69, 9.17) is 10.5 Å². The van der Waals surface area contributed by atoms with Gasteiger partial charge in [-0.2, -0.15) is 0 Å². The van der Waals surface area contributed by atoms with Gasteiger partial charge in [-0.15, -0.1) is 12.4 Å². The Balaban J connectivity index is 0.00000225. The number of carbonyl (C=O) groups is 1. The summed E-state index contributed by atoms with van der Waals surface area (Å²) in [6, 6.07) is 15.2. The predicted octanol–water partition coefficient (Wildman–Crippen LogP) is 4.15. The van der Waals surface area contributed by atoms with Crippen LogP contribution >= 0.6 is 28.3 Å². The number of benzene rings is 2. The van der Waals surface area contributed by atoms with Crippen LogP contribution < -0.4 is 15.8 Å². The number of rotatable bonds is 4. The number of carbonyl (C=O) groups excluding carboxylic acids is 1. The molecule has 2 aromatic rings. The molecule has 3 atom stereocenters. The van der Waals surface area contributed by atoms with E-state index in [1.807, 2.05) is 55.5 Å². The molecule has 3 unspecified atom stereocenters. The molecule has 4 nitrogen and oxygen atoms in total. The van der Waals surface area contributed by atoms with E-state index >= 15 is 0 Å². The van der Waals surface area contributed by atoms with Crippen molar-refractivity contribution in [2.75, 3.05) is 6.61 Å². The molecule has 1 heterocycles. The molecular formula is C19H22BrClN2O2. The molecule has 0 spiro atoms. The number of halogens is 2. The van der Waals surface area contributed by atoms with E-state index in [0.717, 1.165) is 27.8 Å². The second-order valence-corrected chi connectivity index (χ2v) is 7.02. The van der Waals surface area contributed by atoms with Gasteiger partial charge in [-0.1, -0.05) is 53.2 Å². The van der Waals surface area contributed by atoms with E-state index in [9.17, 15) is 4.79 Å². The third-order valence-corrected chi connectivity index (χ3v) is 4.96. The van der Waals surface area contributed by atoms with Crippen molar-refractivity contribution in [1.29, 1.82) is 0 Å². The average molecular weight is 426 g/mol. The van der Waals surface area contributed by atoms with Crippen molar-refractivity contribution in [2.45, 2.75) is 25.4 Å². The van der Waals surface area contributed by atoms with E-state index < -0.39 is 0 Å². The summed E-state index contributed by atoms with van der Waals surface area (Å²) in [5.41, 5.74) is 8.24. The van der Waals surface area contributed by atoms with Gasteiger partial charge in [0, 0.05) is 22.5 Å². The standard InChI is InChI=1S/C19H21BrN2O2.ClH/c1-12(18(21)13-5-3-2-4-6-13)19(23)22-16-9-10-24-17-8-7-14(20)11-15(16)17;/h2-8,11-12,16,18H,9-10,21H2,1H3,(H,22,23);1H. The molecule has 25 heavy (non-hydrogen) atoms. The number of nitrogens with two attached hydrogens (primary N) is 1. The number of ether oxygens (including phenoxy) is 1. The minimum Gasteiger partial charge on any atom is -0.493 e. The molecule has 0 saturated carbocycles. The van der Waals surface area contributed by atoms with Crippen LogP contribution in [0.15, 0.2) is 53.0 Å². The number of nitrogens with one attached hydrogen (secondary N) is 1. The van der Waals surface area contributed by atoms with Gasteiger partial charge in [-0.25, -0.2) is 0 Å². The van der Waals surface area contributed by atoms with Crippen LogP contribution in [-0.2, 0) is 4.79 Å². The van der Waals surface area contributed by atoms with Crippen LogP contribution in [0.2, 0.25) is 0 Å². The first-order chi connectivity index (χ1) is 11.6. The van der Waals surface area contributed by atoms with Crippen LogP contribution in [0.3, 0.4) is 0 Å². The average Bonchev–Trinajstić information content (AvgIpc) is 2.61. The number of fused-ring (bicyclic) bond motifs is 1. The number of hydrogen-bond donors (Lipinski definition) is 2. The molecule has 3 N–H and O–H groups in total. The smallest absolute Gasteiger partial charge is 0.225 e. The predicted molar refractivity (Wildman–Crippen MR) is 105 cm³/mol. The number of amides is 1. The van der Waals surface area contributed by atoms with Crippen LogP contribution in [0.5, 0.6) is 5.75 Å².